The molecule has 6 nitrogen and oxygen atoms in total. The maximum Gasteiger partial charge on any atom is 0.257 e. The lowest BCUT2D eigenvalue weighted by Crippen LogP contribution is -2.27. The normalized spacial score (nSPS) is 10.6. The summed E-state index contributed by atoms with van der Waals surface area (Å²) in [6.45, 7) is 0.448. The quantitative estimate of drug-likeness (QED) is 0.643. The molecule has 0 aliphatic carbocycles. The van der Waals surface area contributed by atoms with Crippen molar-refractivity contribution >= 4 is 29.1 Å². The zero-order chi connectivity index (χ0) is 19.2. The van der Waals surface area contributed by atoms with E-state index in [0.29, 0.717) is 34.7 Å². The van der Waals surface area contributed by atoms with Crippen molar-refractivity contribution in [2.45, 2.75) is 12.8 Å². The van der Waals surface area contributed by atoms with Gasteiger partial charge in [-0.05, 0) is 48.4 Å². The number of ether oxygens (including phenoxy) is 1. The van der Waals surface area contributed by atoms with Crippen LogP contribution in [0.4, 0.5) is 0 Å². The van der Waals surface area contributed by atoms with Crippen LogP contribution in [0.2, 0.25) is 10.0 Å². The van der Waals surface area contributed by atoms with Gasteiger partial charge in [0.25, 0.3) is 5.89 Å². The number of carbonyl (C=O) groups excluding carboxylic acids is 1. The average Bonchev–Trinajstić information content (AvgIpc) is 3.12. The Bertz CT molecular complexity index is 926. The fourth-order valence-corrected chi connectivity index (χ4v) is 2.95. The van der Waals surface area contributed by atoms with E-state index in [1.807, 2.05) is 18.2 Å². The predicted molar refractivity (Wildman–Crippen MR) is 103 cm³/mol. The van der Waals surface area contributed by atoms with Gasteiger partial charge in [0.2, 0.25) is 5.91 Å². The highest BCUT2D eigenvalue weighted by atomic mass is 35.5. The lowest BCUT2D eigenvalue weighted by atomic mass is 10.1. The Morgan fingerprint density at radius 2 is 1.96 bits per heavy atom. The van der Waals surface area contributed by atoms with Gasteiger partial charge in [0.05, 0.1) is 13.5 Å². The smallest absolute Gasteiger partial charge is 0.257 e. The molecule has 0 aliphatic rings. The number of methoxy groups -OCH3 is 1. The number of nitrogens with one attached hydrogen (secondary N) is 1. The van der Waals surface area contributed by atoms with Crippen LogP contribution in [0.1, 0.15) is 11.4 Å². The van der Waals surface area contributed by atoms with E-state index < -0.39 is 0 Å². The van der Waals surface area contributed by atoms with E-state index in [1.165, 1.54) is 0 Å². The molecule has 1 amide bonds. The van der Waals surface area contributed by atoms with Gasteiger partial charge in [-0.3, -0.25) is 4.79 Å². The maximum atomic E-state index is 12.1. The zero-order valence-electron chi connectivity index (χ0n) is 14.5. The van der Waals surface area contributed by atoms with Crippen LogP contribution in [0, 0.1) is 0 Å². The summed E-state index contributed by atoms with van der Waals surface area (Å²) in [7, 11) is 1.60. The van der Waals surface area contributed by atoms with Crippen molar-refractivity contribution < 1.29 is 14.1 Å². The van der Waals surface area contributed by atoms with Gasteiger partial charge >= 0.3 is 0 Å². The molecule has 3 aromatic rings. The summed E-state index contributed by atoms with van der Waals surface area (Å²) in [5.41, 5.74) is 1.68. The minimum Gasteiger partial charge on any atom is -0.497 e. The summed E-state index contributed by atoms with van der Waals surface area (Å²) in [6.07, 6.45) is 0.638. The molecule has 140 valence electrons. The molecule has 1 heterocycles. The van der Waals surface area contributed by atoms with Crippen LogP contribution in [-0.2, 0) is 17.6 Å². The van der Waals surface area contributed by atoms with E-state index in [9.17, 15) is 4.79 Å². The Hall–Kier alpha value is -2.57. The number of halogens is 2. The zero-order valence-corrected chi connectivity index (χ0v) is 16.0. The molecule has 27 heavy (non-hydrogen) atoms. The van der Waals surface area contributed by atoms with Gasteiger partial charge in [0.15, 0.2) is 5.82 Å². The summed E-state index contributed by atoms with van der Waals surface area (Å²) in [4.78, 5) is 16.3. The van der Waals surface area contributed by atoms with Crippen molar-refractivity contribution in [2.24, 2.45) is 0 Å². The third-order valence-electron chi connectivity index (χ3n) is 3.86. The summed E-state index contributed by atoms with van der Waals surface area (Å²) < 4.78 is 10.3. The van der Waals surface area contributed by atoms with E-state index in [0.717, 1.165) is 16.9 Å². The molecule has 0 spiro atoms. The molecule has 1 N–H and O–H groups in total. The van der Waals surface area contributed by atoms with E-state index in [2.05, 4.69) is 15.5 Å². The molecule has 0 saturated heterocycles. The van der Waals surface area contributed by atoms with Gasteiger partial charge < -0.3 is 14.6 Å². The molecule has 0 unspecified atom stereocenters. The second-order valence-corrected chi connectivity index (χ2v) is 6.60. The Kier molecular flexibility index (Phi) is 6.32. The molecular weight excluding hydrogens is 389 g/mol. The molecule has 0 fully saturated rings. The van der Waals surface area contributed by atoms with Gasteiger partial charge in [0, 0.05) is 22.2 Å². The standard InChI is InChI=1S/C19H17Cl2N3O3/c1-26-15-6-3-13(4-7-15)19-23-17(24-27-19)11-18(25)22-9-8-12-2-5-14(20)10-16(12)21/h2-7,10H,8-9,11H2,1H3,(H,22,25). The second kappa shape index (κ2) is 8.88. The minimum absolute atomic E-state index is 0.0357. The molecule has 0 radical (unpaired) electrons. The van der Waals surface area contributed by atoms with Crippen molar-refractivity contribution in [1.82, 2.24) is 15.5 Å². The van der Waals surface area contributed by atoms with Crippen LogP contribution in [0.5, 0.6) is 5.75 Å². The Morgan fingerprint density at radius 1 is 1.19 bits per heavy atom. The number of aromatic nitrogens is 2. The van der Waals surface area contributed by atoms with Crippen LogP contribution in [0.3, 0.4) is 0 Å². The molecule has 0 saturated carbocycles. The largest absolute Gasteiger partial charge is 0.497 e. The third-order valence-corrected chi connectivity index (χ3v) is 4.44. The third kappa shape index (κ3) is 5.21. The van der Waals surface area contributed by atoms with Crippen molar-refractivity contribution in [3.63, 3.8) is 0 Å². The first-order valence-electron chi connectivity index (χ1n) is 8.23. The number of hydrogen-bond acceptors (Lipinski definition) is 5. The van der Waals surface area contributed by atoms with Crippen molar-refractivity contribution in [3.8, 4) is 17.2 Å². The van der Waals surface area contributed by atoms with Crippen molar-refractivity contribution in [2.75, 3.05) is 13.7 Å². The Morgan fingerprint density at radius 3 is 2.67 bits per heavy atom. The number of benzene rings is 2. The van der Waals surface area contributed by atoms with E-state index in [1.54, 1.807) is 31.4 Å². The Balaban J connectivity index is 1.51. The van der Waals surface area contributed by atoms with Gasteiger partial charge in [-0.1, -0.05) is 34.4 Å². The predicted octanol–water partition coefficient (Wildman–Crippen LogP) is 3.95. The van der Waals surface area contributed by atoms with Crippen LogP contribution >= 0.6 is 23.2 Å². The van der Waals surface area contributed by atoms with Gasteiger partial charge in [-0.15, -0.1) is 0 Å². The number of nitrogens with zero attached hydrogens (tertiary/aromatic N) is 2. The first kappa shape index (κ1) is 19.2. The SMILES string of the molecule is COc1ccc(-c2nc(CC(=O)NCCc3ccc(Cl)cc3Cl)no2)cc1. The van der Waals surface area contributed by atoms with Crippen molar-refractivity contribution in [3.05, 3.63) is 63.9 Å². The average molecular weight is 406 g/mol. The van der Waals surface area contributed by atoms with Crippen LogP contribution in [0.25, 0.3) is 11.5 Å². The molecular formula is C19H17Cl2N3O3. The molecule has 0 atom stereocenters. The monoisotopic (exact) mass is 405 g/mol. The Labute approximate surface area is 166 Å². The summed E-state index contributed by atoms with van der Waals surface area (Å²) in [6, 6.07) is 12.5. The number of carbonyl (C=O) groups is 1. The highest BCUT2D eigenvalue weighted by molar-refractivity contribution is 6.35. The lowest BCUT2D eigenvalue weighted by molar-refractivity contribution is -0.120. The fraction of sp³-hybridized carbons (Fsp3) is 0.211. The molecule has 0 bridgehead atoms. The molecule has 0 aliphatic heterocycles. The van der Waals surface area contributed by atoms with E-state index in [-0.39, 0.29) is 12.3 Å². The lowest BCUT2D eigenvalue weighted by Gasteiger charge is -2.06. The highest BCUT2D eigenvalue weighted by Gasteiger charge is 2.12. The van der Waals surface area contributed by atoms with Gasteiger partial charge in [-0.25, -0.2) is 0 Å². The van der Waals surface area contributed by atoms with Crippen molar-refractivity contribution in [1.29, 1.82) is 0 Å². The first-order chi connectivity index (χ1) is 13.0. The first-order valence-corrected chi connectivity index (χ1v) is 8.98. The number of rotatable bonds is 7. The molecule has 3 rings (SSSR count). The summed E-state index contributed by atoms with van der Waals surface area (Å²) >= 11 is 12.0. The summed E-state index contributed by atoms with van der Waals surface area (Å²) in [5, 5.41) is 7.83. The van der Waals surface area contributed by atoms with Crippen LogP contribution in [-0.4, -0.2) is 29.7 Å². The van der Waals surface area contributed by atoms with E-state index >= 15 is 0 Å². The van der Waals surface area contributed by atoms with Gasteiger partial charge in [0.1, 0.15) is 5.75 Å². The number of amides is 1. The fourth-order valence-electron chi connectivity index (χ4n) is 2.44. The topological polar surface area (TPSA) is 77.2 Å². The second-order valence-electron chi connectivity index (χ2n) is 5.76. The van der Waals surface area contributed by atoms with Crippen LogP contribution in [0.15, 0.2) is 47.0 Å². The van der Waals surface area contributed by atoms with Crippen LogP contribution < -0.4 is 10.1 Å². The summed E-state index contributed by atoms with van der Waals surface area (Å²) in [5.74, 6) is 1.22. The minimum atomic E-state index is -0.192. The highest BCUT2D eigenvalue weighted by Crippen LogP contribution is 2.22. The van der Waals surface area contributed by atoms with E-state index in [4.69, 9.17) is 32.5 Å². The molecule has 8 heteroatoms. The molecule has 1 aromatic heterocycles. The maximum absolute atomic E-state index is 12.1. The molecule has 2 aromatic carbocycles. The van der Waals surface area contributed by atoms with Gasteiger partial charge in [-0.2, -0.15) is 4.98 Å². The number of hydrogen-bond donors (Lipinski definition) is 1.